The lowest BCUT2D eigenvalue weighted by Crippen LogP contribution is -2.59. The highest BCUT2D eigenvalue weighted by molar-refractivity contribution is 14.1. The molecular weight excluding hydrogens is 325 g/mol. The van der Waals surface area contributed by atoms with E-state index in [9.17, 15) is 0 Å². The molecule has 0 saturated carbocycles. The van der Waals surface area contributed by atoms with Crippen LogP contribution in [0.25, 0.3) is 0 Å². The molecule has 2 unspecified atom stereocenters. The normalized spacial score (nSPS) is 29.4. The Balaban J connectivity index is 1.82. The number of rotatable bonds is 1. The third kappa shape index (κ3) is 2.29. The molecule has 92 valence electrons. The van der Waals surface area contributed by atoms with Gasteiger partial charge in [0, 0.05) is 34.9 Å². The number of anilines is 1. The fourth-order valence-corrected chi connectivity index (χ4v) is 3.58. The van der Waals surface area contributed by atoms with Crippen molar-refractivity contribution in [3.63, 3.8) is 0 Å². The van der Waals surface area contributed by atoms with Crippen molar-refractivity contribution in [2.45, 2.75) is 31.3 Å². The molecule has 0 spiro atoms. The summed E-state index contributed by atoms with van der Waals surface area (Å²) >= 11 is 2.34. The molecule has 3 nitrogen and oxygen atoms in total. The Kier molecular flexibility index (Phi) is 3.25. The van der Waals surface area contributed by atoms with Crippen molar-refractivity contribution < 1.29 is 0 Å². The number of halogens is 1. The molecule has 1 aromatic heterocycles. The van der Waals surface area contributed by atoms with Gasteiger partial charge in [0.25, 0.3) is 0 Å². The lowest BCUT2D eigenvalue weighted by Gasteiger charge is -2.49. The number of hydrogen-bond acceptors (Lipinski definition) is 3. The van der Waals surface area contributed by atoms with Crippen molar-refractivity contribution in [1.82, 2.24) is 9.88 Å². The summed E-state index contributed by atoms with van der Waals surface area (Å²) in [4.78, 5) is 9.41. The van der Waals surface area contributed by atoms with E-state index >= 15 is 0 Å². The first-order chi connectivity index (χ1) is 8.24. The van der Waals surface area contributed by atoms with Gasteiger partial charge in [-0.25, -0.2) is 0 Å². The van der Waals surface area contributed by atoms with Crippen LogP contribution in [-0.4, -0.2) is 42.1 Å². The van der Waals surface area contributed by atoms with E-state index in [-0.39, 0.29) is 0 Å². The van der Waals surface area contributed by atoms with E-state index in [1.165, 1.54) is 28.5 Å². The van der Waals surface area contributed by atoms with Gasteiger partial charge in [-0.3, -0.25) is 9.88 Å². The Bertz CT molecular complexity index is 395. The van der Waals surface area contributed by atoms with Crippen LogP contribution in [0.1, 0.15) is 19.3 Å². The van der Waals surface area contributed by atoms with Gasteiger partial charge in [0.05, 0.1) is 11.9 Å². The number of piperidine rings is 1. The van der Waals surface area contributed by atoms with Crippen LogP contribution in [0.5, 0.6) is 0 Å². The Labute approximate surface area is 116 Å². The highest BCUT2D eigenvalue weighted by atomic mass is 127. The monoisotopic (exact) mass is 343 g/mol. The minimum absolute atomic E-state index is 0.736. The minimum atomic E-state index is 0.736. The zero-order valence-electron chi connectivity index (χ0n) is 10.1. The largest absolute Gasteiger partial charge is 0.367 e. The van der Waals surface area contributed by atoms with E-state index in [0.29, 0.717) is 0 Å². The van der Waals surface area contributed by atoms with Crippen molar-refractivity contribution in [2.24, 2.45) is 0 Å². The van der Waals surface area contributed by atoms with Gasteiger partial charge in [-0.15, -0.1) is 0 Å². The molecule has 0 N–H and O–H groups in total. The molecule has 1 aromatic rings. The summed E-state index contributed by atoms with van der Waals surface area (Å²) in [5.74, 6) is 0. The van der Waals surface area contributed by atoms with Crippen LogP contribution in [0.4, 0.5) is 5.69 Å². The Morgan fingerprint density at radius 1 is 1.24 bits per heavy atom. The molecule has 2 saturated heterocycles. The van der Waals surface area contributed by atoms with Crippen molar-refractivity contribution >= 4 is 28.3 Å². The standard InChI is InChI=1S/C13H18IN3/c1-16-11-3-2-4-12(16)9-17(8-11)13-5-10(14)6-15-7-13/h5-7,11-12H,2-4,8-9H2,1H3. The third-order valence-electron chi connectivity index (χ3n) is 4.14. The summed E-state index contributed by atoms with van der Waals surface area (Å²) in [7, 11) is 2.29. The van der Waals surface area contributed by atoms with Gasteiger partial charge in [0.1, 0.15) is 0 Å². The maximum Gasteiger partial charge on any atom is 0.0564 e. The average Bonchev–Trinajstić information content (AvgIpc) is 2.28. The molecule has 17 heavy (non-hydrogen) atoms. The van der Waals surface area contributed by atoms with Crippen LogP contribution in [0, 0.1) is 3.57 Å². The van der Waals surface area contributed by atoms with Gasteiger partial charge >= 0.3 is 0 Å². The van der Waals surface area contributed by atoms with Crippen molar-refractivity contribution in [1.29, 1.82) is 0 Å². The van der Waals surface area contributed by atoms with Gasteiger partial charge < -0.3 is 4.90 Å². The molecular formula is C13H18IN3. The van der Waals surface area contributed by atoms with Crippen LogP contribution in [-0.2, 0) is 0 Å². The quantitative estimate of drug-likeness (QED) is 0.730. The summed E-state index contributed by atoms with van der Waals surface area (Å²) in [5.41, 5.74) is 1.29. The zero-order valence-corrected chi connectivity index (χ0v) is 12.3. The fraction of sp³-hybridized carbons (Fsp3) is 0.615. The maximum absolute atomic E-state index is 4.31. The summed E-state index contributed by atoms with van der Waals surface area (Å²) in [5, 5.41) is 0. The molecule has 2 bridgehead atoms. The lowest BCUT2D eigenvalue weighted by molar-refractivity contribution is 0.0950. The number of aromatic nitrogens is 1. The Morgan fingerprint density at radius 2 is 1.94 bits per heavy atom. The molecule has 0 aliphatic carbocycles. The van der Waals surface area contributed by atoms with E-state index in [4.69, 9.17) is 0 Å². The maximum atomic E-state index is 4.31. The predicted molar refractivity (Wildman–Crippen MR) is 78.4 cm³/mol. The molecule has 2 aliphatic heterocycles. The first kappa shape index (κ1) is 11.7. The summed E-state index contributed by atoms with van der Waals surface area (Å²) in [6, 6.07) is 3.72. The topological polar surface area (TPSA) is 19.4 Å². The van der Waals surface area contributed by atoms with Crippen LogP contribution in [0.15, 0.2) is 18.5 Å². The summed E-state index contributed by atoms with van der Waals surface area (Å²) in [6.07, 6.45) is 8.02. The molecule has 2 atom stereocenters. The first-order valence-electron chi connectivity index (χ1n) is 6.31. The molecule has 0 aromatic carbocycles. The van der Waals surface area contributed by atoms with Crippen LogP contribution >= 0.6 is 22.6 Å². The predicted octanol–water partition coefficient (Wildman–Crippen LogP) is 2.36. The number of hydrogen-bond donors (Lipinski definition) is 0. The zero-order chi connectivity index (χ0) is 11.8. The third-order valence-corrected chi connectivity index (χ3v) is 4.73. The second kappa shape index (κ2) is 4.72. The molecule has 4 heteroatoms. The van der Waals surface area contributed by atoms with E-state index < -0.39 is 0 Å². The highest BCUT2D eigenvalue weighted by Gasteiger charge is 2.34. The first-order valence-corrected chi connectivity index (χ1v) is 7.39. The minimum Gasteiger partial charge on any atom is -0.367 e. The molecule has 3 heterocycles. The van der Waals surface area contributed by atoms with E-state index in [1.807, 2.05) is 12.4 Å². The van der Waals surface area contributed by atoms with Crippen LogP contribution < -0.4 is 4.90 Å². The van der Waals surface area contributed by atoms with Crippen molar-refractivity contribution in [2.75, 3.05) is 25.0 Å². The van der Waals surface area contributed by atoms with Gasteiger partial charge in [-0.1, -0.05) is 6.42 Å². The summed E-state index contributed by atoms with van der Waals surface area (Å²) < 4.78 is 1.23. The van der Waals surface area contributed by atoms with Crippen molar-refractivity contribution in [3.05, 3.63) is 22.0 Å². The average molecular weight is 343 g/mol. The van der Waals surface area contributed by atoms with Gasteiger partial charge in [-0.2, -0.15) is 0 Å². The lowest BCUT2D eigenvalue weighted by atomic mass is 9.92. The Hall–Kier alpha value is -0.360. The second-order valence-electron chi connectivity index (χ2n) is 5.17. The molecule has 3 rings (SSSR count). The molecule has 2 aliphatic rings. The van der Waals surface area contributed by atoms with E-state index in [1.54, 1.807) is 0 Å². The number of nitrogens with zero attached hydrogens (tertiary/aromatic N) is 3. The van der Waals surface area contributed by atoms with Crippen LogP contribution in [0.3, 0.4) is 0 Å². The highest BCUT2D eigenvalue weighted by Crippen LogP contribution is 2.30. The smallest absolute Gasteiger partial charge is 0.0564 e. The van der Waals surface area contributed by atoms with Crippen molar-refractivity contribution in [3.8, 4) is 0 Å². The van der Waals surface area contributed by atoms with Gasteiger partial charge in [0.15, 0.2) is 0 Å². The number of fused-ring (bicyclic) bond motifs is 2. The van der Waals surface area contributed by atoms with E-state index in [0.717, 1.165) is 25.2 Å². The second-order valence-corrected chi connectivity index (χ2v) is 6.42. The Morgan fingerprint density at radius 3 is 2.59 bits per heavy atom. The fourth-order valence-electron chi connectivity index (χ4n) is 3.10. The number of pyridine rings is 1. The summed E-state index contributed by atoms with van der Waals surface area (Å²) in [6.45, 7) is 2.32. The van der Waals surface area contributed by atoms with E-state index in [2.05, 4.69) is 50.5 Å². The molecule has 0 radical (unpaired) electrons. The van der Waals surface area contributed by atoms with Crippen LogP contribution in [0.2, 0.25) is 0 Å². The molecule has 2 fully saturated rings. The number of piperazine rings is 1. The molecule has 0 amide bonds. The van der Waals surface area contributed by atoms with Gasteiger partial charge in [0.2, 0.25) is 0 Å². The number of likely N-dealkylation sites (N-methyl/N-ethyl adjacent to an activating group) is 1. The SMILES string of the molecule is CN1C2CCCC1CN(c1cncc(I)c1)C2. The van der Waals surface area contributed by atoms with Gasteiger partial charge in [-0.05, 0) is 48.5 Å².